The Hall–Kier alpha value is -1.90. The van der Waals surface area contributed by atoms with Crippen molar-refractivity contribution in [2.45, 2.75) is 40.5 Å². The monoisotopic (exact) mass is 269 g/mol. The van der Waals surface area contributed by atoms with E-state index in [0.717, 1.165) is 35.0 Å². The molecule has 1 aromatic carbocycles. The molecule has 0 aliphatic carbocycles. The van der Waals surface area contributed by atoms with Gasteiger partial charge in [0.1, 0.15) is 11.6 Å². The fourth-order valence-corrected chi connectivity index (χ4v) is 2.12. The average Bonchev–Trinajstić information content (AvgIpc) is 2.42. The molecule has 0 atom stereocenters. The third-order valence-electron chi connectivity index (χ3n) is 3.35. The lowest BCUT2D eigenvalue weighted by Crippen LogP contribution is -2.08. The van der Waals surface area contributed by atoms with Crippen LogP contribution >= 0.6 is 0 Å². The van der Waals surface area contributed by atoms with Crippen LogP contribution in [0.5, 0.6) is 0 Å². The molecule has 0 amide bonds. The van der Waals surface area contributed by atoms with Gasteiger partial charge in [0.25, 0.3) is 0 Å². The lowest BCUT2D eigenvalue weighted by atomic mass is 10.0. The molecule has 0 radical (unpaired) electrons. The van der Waals surface area contributed by atoms with Crippen molar-refractivity contribution in [2.75, 3.05) is 11.9 Å². The van der Waals surface area contributed by atoms with Gasteiger partial charge in [0.15, 0.2) is 0 Å². The summed E-state index contributed by atoms with van der Waals surface area (Å²) < 4.78 is 0. The second-order valence-electron chi connectivity index (χ2n) is 5.46. The number of rotatable bonds is 4. The fourth-order valence-electron chi connectivity index (χ4n) is 2.12. The van der Waals surface area contributed by atoms with Crippen molar-refractivity contribution in [2.24, 2.45) is 0 Å². The van der Waals surface area contributed by atoms with Gasteiger partial charge in [-0.05, 0) is 20.8 Å². The topological polar surface area (TPSA) is 37.8 Å². The van der Waals surface area contributed by atoms with Gasteiger partial charge in [-0.1, -0.05) is 43.7 Å². The van der Waals surface area contributed by atoms with Crippen molar-refractivity contribution in [3.63, 3.8) is 0 Å². The van der Waals surface area contributed by atoms with Gasteiger partial charge < -0.3 is 5.32 Å². The van der Waals surface area contributed by atoms with E-state index >= 15 is 0 Å². The number of nitrogens with one attached hydrogen (secondary N) is 1. The van der Waals surface area contributed by atoms with Crippen LogP contribution in [0.15, 0.2) is 24.3 Å². The van der Waals surface area contributed by atoms with Crippen LogP contribution in [-0.4, -0.2) is 16.5 Å². The average molecular weight is 269 g/mol. The molecule has 20 heavy (non-hydrogen) atoms. The maximum atomic E-state index is 4.76. The molecule has 1 N–H and O–H groups in total. The van der Waals surface area contributed by atoms with Gasteiger partial charge in [-0.2, -0.15) is 0 Å². The van der Waals surface area contributed by atoms with Crippen LogP contribution in [0, 0.1) is 13.8 Å². The first-order valence-electron chi connectivity index (χ1n) is 7.22. The first kappa shape index (κ1) is 14.5. The first-order chi connectivity index (χ1) is 9.52. The van der Waals surface area contributed by atoms with Crippen molar-refractivity contribution in [3.05, 3.63) is 41.2 Å². The highest BCUT2D eigenvalue weighted by Crippen LogP contribution is 2.27. The molecule has 106 valence electrons. The Bertz CT molecular complexity index is 586. The molecule has 1 heterocycles. The van der Waals surface area contributed by atoms with Gasteiger partial charge in [-0.3, -0.25) is 0 Å². The second-order valence-corrected chi connectivity index (χ2v) is 5.46. The van der Waals surface area contributed by atoms with Gasteiger partial charge in [-0.25, -0.2) is 9.97 Å². The van der Waals surface area contributed by atoms with Gasteiger partial charge in [-0.15, -0.1) is 0 Å². The standard InChI is InChI=1S/C17H23N3/c1-6-18-17-13(5)15(19-16(20-17)11(2)3)14-9-7-12(4)8-10-14/h7-11H,6H2,1-5H3,(H,18,19,20). The van der Waals surface area contributed by atoms with E-state index in [0.29, 0.717) is 5.92 Å². The Balaban J connectivity index is 2.58. The summed E-state index contributed by atoms with van der Waals surface area (Å²) in [5, 5.41) is 3.34. The Morgan fingerprint density at radius 3 is 2.25 bits per heavy atom. The third-order valence-corrected chi connectivity index (χ3v) is 3.35. The molecule has 3 nitrogen and oxygen atoms in total. The predicted octanol–water partition coefficient (Wildman–Crippen LogP) is 4.32. The summed E-state index contributed by atoms with van der Waals surface area (Å²) in [5.74, 6) is 2.15. The molecule has 1 aromatic heterocycles. The molecule has 0 fully saturated rings. The molecule has 0 spiro atoms. The number of aromatic nitrogens is 2. The quantitative estimate of drug-likeness (QED) is 0.898. The highest BCUT2D eigenvalue weighted by molar-refractivity contribution is 5.68. The van der Waals surface area contributed by atoms with Crippen molar-refractivity contribution < 1.29 is 0 Å². The molecule has 0 aliphatic heterocycles. The molecule has 0 unspecified atom stereocenters. The van der Waals surface area contributed by atoms with Gasteiger partial charge in [0, 0.05) is 23.6 Å². The van der Waals surface area contributed by atoms with Crippen LogP contribution in [0.1, 0.15) is 43.6 Å². The molecule has 0 saturated carbocycles. The Morgan fingerprint density at radius 2 is 1.70 bits per heavy atom. The van der Waals surface area contributed by atoms with E-state index in [1.165, 1.54) is 5.56 Å². The van der Waals surface area contributed by atoms with E-state index in [1.54, 1.807) is 0 Å². The van der Waals surface area contributed by atoms with Crippen LogP contribution in [0.25, 0.3) is 11.3 Å². The zero-order valence-corrected chi connectivity index (χ0v) is 13.0. The van der Waals surface area contributed by atoms with E-state index < -0.39 is 0 Å². The minimum absolute atomic E-state index is 0.317. The summed E-state index contributed by atoms with van der Waals surface area (Å²) in [4.78, 5) is 9.41. The maximum Gasteiger partial charge on any atom is 0.133 e. The van der Waals surface area contributed by atoms with Gasteiger partial charge >= 0.3 is 0 Å². The summed E-state index contributed by atoms with van der Waals surface area (Å²) in [5.41, 5.74) is 4.55. The summed E-state index contributed by atoms with van der Waals surface area (Å²) in [6, 6.07) is 8.51. The SMILES string of the molecule is CCNc1nc(C(C)C)nc(-c2ccc(C)cc2)c1C. The van der Waals surface area contributed by atoms with E-state index in [-0.39, 0.29) is 0 Å². The number of benzene rings is 1. The Kier molecular flexibility index (Phi) is 4.38. The molecule has 0 saturated heterocycles. The molecule has 2 rings (SSSR count). The molecule has 0 bridgehead atoms. The van der Waals surface area contributed by atoms with Crippen molar-refractivity contribution in [1.29, 1.82) is 0 Å². The predicted molar refractivity (Wildman–Crippen MR) is 85.2 cm³/mol. The lowest BCUT2D eigenvalue weighted by molar-refractivity contribution is 0.774. The minimum atomic E-state index is 0.317. The normalized spacial score (nSPS) is 10.9. The van der Waals surface area contributed by atoms with Crippen molar-refractivity contribution in [1.82, 2.24) is 9.97 Å². The summed E-state index contributed by atoms with van der Waals surface area (Å²) in [6.07, 6.45) is 0. The molecule has 3 heteroatoms. The minimum Gasteiger partial charge on any atom is -0.370 e. The van der Waals surface area contributed by atoms with Crippen LogP contribution in [0.2, 0.25) is 0 Å². The zero-order valence-electron chi connectivity index (χ0n) is 13.0. The molecular weight excluding hydrogens is 246 g/mol. The van der Waals surface area contributed by atoms with E-state index in [4.69, 9.17) is 4.98 Å². The second kappa shape index (κ2) is 6.04. The summed E-state index contributed by atoms with van der Waals surface area (Å²) in [7, 11) is 0. The zero-order chi connectivity index (χ0) is 14.7. The van der Waals surface area contributed by atoms with Crippen LogP contribution in [0.3, 0.4) is 0 Å². The van der Waals surface area contributed by atoms with Crippen LogP contribution in [-0.2, 0) is 0 Å². The number of hydrogen-bond acceptors (Lipinski definition) is 3. The number of anilines is 1. The van der Waals surface area contributed by atoms with Gasteiger partial charge in [0.2, 0.25) is 0 Å². The van der Waals surface area contributed by atoms with Gasteiger partial charge in [0.05, 0.1) is 5.69 Å². The Labute approximate surface area is 121 Å². The summed E-state index contributed by atoms with van der Waals surface area (Å²) in [6.45, 7) is 11.4. The molecule has 0 aliphatic rings. The highest BCUT2D eigenvalue weighted by atomic mass is 15.0. The number of nitrogens with zero attached hydrogens (tertiary/aromatic N) is 2. The third kappa shape index (κ3) is 2.98. The van der Waals surface area contributed by atoms with Crippen molar-refractivity contribution in [3.8, 4) is 11.3 Å². The smallest absolute Gasteiger partial charge is 0.133 e. The van der Waals surface area contributed by atoms with Crippen LogP contribution in [0.4, 0.5) is 5.82 Å². The number of aryl methyl sites for hydroxylation is 1. The number of hydrogen-bond donors (Lipinski definition) is 1. The Morgan fingerprint density at radius 1 is 1.05 bits per heavy atom. The highest BCUT2D eigenvalue weighted by Gasteiger charge is 2.13. The molecule has 2 aromatic rings. The first-order valence-corrected chi connectivity index (χ1v) is 7.22. The van der Waals surface area contributed by atoms with E-state index in [1.807, 2.05) is 0 Å². The maximum absolute atomic E-state index is 4.76. The van der Waals surface area contributed by atoms with Crippen LogP contribution < -0.4 is 5.32 Å². The van der Waals surface area contributed by atoms with E-state index in [9.17, 15) is 0 Å². The summed E-state index contributed by atoms with van der Waals surface area (Å²) >= 11 is 0. The fraction of sp³-hybridized carbons (Fsp3) is 0.412. The lowest BCUT2D eigenvalue weighted by Gasteiger charge is -2.15. The van der Waals surface area contributed by atoms with Crippen molar-refractivity contribution >= 4 is 5.82 Å². The largest absolute Gasteiger partial charge is 0.370 e. The molecular formula is C17H23N3. The van der Waals surface area contributed by atoms with E-state index in [2.05, 4.69) is 69.2 Å².